The normalized spacial score (nSPS) is 9.50. The van der Waals surface area contributed by atoms with Gasteiger partial charge in [-0.15, -0.1) is 0 Å². The van der Waals surface area contributed by atoms with Crippen molar-refractivity contribution in [2.45, 2.75) is 0 Å². The molecule has 1 heterocycles. The molecule has 12 heavy (non-hydrogen) atoms. The minimum absolute atomic E-state index is 0.235. The summed E-state index contributed by atoms with van der Waals surface area (Å²) in [6.07, 6.45) is -1.16. The van der Waals surface area contributed by atoms with E-state index in [1.807, 2.05) is 0 Å². The number of aromatic nitrogens is 1. The molecule has 0 spiro atoms. The summed E-state index contributed by atoms with van der Waals surface area (Å²) in [6, 6.07) is 3.02. The molecule has 0 radical (unpaired) electrons. The minimum Gasteiger partial charge on any atom is -0.465 e. The fourth-order valence-corrected chi connectivity index (χ4v) is 1.02. The Hall–Kier alpha value is -0.810. The van der Waals surface area contributed by atoms with Gasteiger partial charge < -0.3 is 5.11 Å². The summed E-state index contributed by atoms with van der Waals surface area (Å²) >= 11 is 8.69. The Morgan fingerprint density at radius 2 is 2.33 bits per heavy atom. The third kappa shape index (κ3) is 2.35. The van der Waals surface area contributed by atoms with E-state index in [-0.39, 0.29) is 5.82 Å². The highest BCUT2D eigenvalue weighted by molar-refractivity contribution is 9.10. The predicted octanol–water partition coefficient (Wildman–Crippen LogP) is 2.59. The summed E-state index contributed by atoms with van der Waals surface area (Å²) in [5, 5.41) is 10.9. The molecular weight excluding hydrogens is 247 g/mol. The molecule has 1 aromatic heterocycles. The Kier molecular flexibility index (Phi) is 2.88. The van der Waals surface area contributed by atoms with Gasteiger partial charge in [-0.05, 0) is 28.1 Å². The second-order valence-electron chi connectivity index (χ2n) is 1.90. The monoisotopic (exact) mass is 250 g/mol. The van der Waals surface area contributed by atoms with E-state index in [0.29, 0.717) is 9.63 Å². The number of halogens is 2. The van der Waals surface area contributed by atoms with Crippen molar-refractivity contribution in [1.29, 1.82) is 0 Å². The van der Waals surface area contributed by atoms with Crippen molar-refractivity contribution in [3.05, 3.63) is 21.8 Å². The van der Waals surface area contributed by atoms with Gasteiger partial charge in [0.1, 0.15) is 10.4 Å². The van der Waals surface area contributed by atoms with Gasteiger partial charge in [-0.25, -0.2) is 9.78 Å². The molecule has 0 saturated carbocycles. The molecule has 0 unspecified atom stereocenters. The summed E-state index contributed by atoms with van der Waals surface area (Å²) < 4.78 is 0.412. The first kappa shape index (κ1) is 9.28. The average molecular weight is 251 g/mol. The van der Waals surface area contributed by atoms with Gasteiger partial charge in [-0.3, -0.25) is 5.32 Å². The highest BCUT2D eigenvalue weighted by Gasteiger charge is 2.02. The molecule has 0 aliphatic heterocycles. The van der Waals surface area contributed by atoms with Gasteiger partial charge in [0.05, 0.1) is 5.02 Å². The van der Waals surface area contributed by atoms with Crippen LogP contribution < -0.4 is 5.32 Å². The lowest BCUT2D eigenvalue weighted by atomic mass is 10.5. The lowest BCUT2D eigenvalue weighted by molar-refractivity contribution is 0.209. The van der Waals surface area contributed by atoms with E-state index in [2.05, 4.69) is 26.2 Å². The Bertz CT molecular complexity index is 318. The van der Waals surface area contributed by atoms with Gasteiger partial charge >= 0.3 is 6.09 Å². The fourth-order valence-electron chi connectivity index (χ4n) is 0.596. The highest BCUT2D eigenvalue weighted by Crippen LogP contribution is 2.21. The lowest BCUT2D eigenvalue weighted by Crippen LogP contribution is -2.08. The van der Waals surface area contributed by atoms with Crippen molar-refractivity contribution in [3.63, 3.8) is 0 Å². The number of pyridine rings is 1. The molecule has 0 atom stereocenters. The molecule has 1 rings (SSSR count). The molecule has 4 nitrogen and oxygen atoms in total. The van der Waals surface area contributed by atoms with Crippen LogP contribution in [0.1, 0.15) is 0 Å². The van der Waals surface area contributed by atoms with Crippen LogP contribution in [0.2, 0.25) is 5.02 Å². The molecule has 64 valence electrons. The van der Waals surface area contributed by atoms with E-state index in [1.165, 1.54) is 6.07 Å². The summed E-state index contributed by atoms with van der Waals surface area (Å²) in [5.74, 6) is 0.235. The SMILES string of the molecule is O=C(O)Nc1ccc(Cl)c(Br)n1. The number of carbonyl (C=O) groups is 1. The first-order valence-corrected chi connectivity index (χ1v) is 4.08. The van der Waals surface area contributed by atoms with Crippen molar-refractivity contribution in [3.8, 4) is 0 Å². The number of hydrogen-bond donors (Lipinski definition) is 2. The predicted molar refractivity (Wildman–Crippen MR) is 48.6 cm³/mol. The zero-order chi connectivity index (χ0) is 9.14. The number of amides is 1. The van der Waals surface area contributed by atoms with Crippen molar-refractivity contribution >= 4 is 39.4 Å². The van der Waals surface area contributed by atoms with Gasteiger partial charge in [-0.2, -0.15) is 0 Å². The summed E-state index contributed by atoms with van der Waals surface area (Å²) in [6.45, 7) is 0. The minimum atomic E-state index is -1.16. The highest BCUT2D eigenvalue weighted by atomic mass is 79.9. The average Bonchev–Trinajstić information content (AvgIpc) is 1.96. The Morgan fingerprint density at radius 1 is 1.67 bits per heavy atom. The number of rotatable bonds is 1. The molecule has 0 aliphatic rings. The third-order valence-corrected chi connectivity index (χ3v) is 2.18. The maximum Gasteiger partial charge on any atom is 0.410 e. The molecule has 1 aromatic rings. The first-order valence-electron chi connectivity index (χ1n) is 2.91. The number of carboxylic acid groups (broad SMARTS) is 1. The standard InChI is InChI=1S/C6H4BrClN2O2/c7-5-3(8)1-2-4(9-5)10-6(11)12/h1-2H,(H,9,10)(H,11,12). The van der Waals surface area contributed by atoms with E-state index < -0.39 is 6.09 Å². The number of hydrogen-bond acceptors (Lipinski definition) is 2. The molecule has 0 aliphatic carbocycles. The van der Waals surface area contributed by atoms with Crippen molar-refractivity contribution in [2.75, 3.05) is 5.32 Å². The van der Waals surface area contributed by atoms with E-state index in [1.54, 1.807) is 6.07 Å². The van der Waals surface area contributed by atoms with Gasteiger partial charge in [0.15, 0.2) is 0 Å². The largest absolute Gasteiger partial charge is 0.465 e. The number of nitrogens with one attached hydrogen (secondary N) is 1. The second-order valence-corrected chi connectivity index (χ2v) is 3.06. The zero-order valence-corrected chi connectivity index (χ0v) is 8.06. The number of anilines is 1. The van der Waals surface area contributed by atoms with Crippen molar-refractivity contribution in [2.24, 2.45) is 0 Å². The zero-order valence-electron chi connectivity index (χ0n) is 5.71. The summed E-state index contributed by atoms with van der Waals surface area (Å²) in [4.78, 5) is 14.0. The van der Waals surface area contributed by atoms with Crippen LogP contribution >= 0.6 is 27.5 Å². The van der Waals surface area contributed by atoms with Crippen LogP contribution in [0, 0.1) is 0 Å². The van der Waals surface area contributed by atoms with Crippen molar-refractivity contribution in [1.82, 2.24) is 4.98 Å². The molecule has 0 bridgehead atoms. The second kappa shape index (κ2) is 3.73. The molecule has 0 aromatic carbocycles. The topological polar surface area (TPSA) is 62.2 Å². The Balaban J connectivity index is 2.89. The van der Waals surface area contributed by atoms with E-state index in [0.717, 1.165) is 0 Å². The van der Waals surface area contributed by atoms with Crippen LogP contribution in [0.4, 0.5) is 10.6 Å². The van der Waals surface area contributed by atoms with Crippen LogP contribution in [0.25, 0.3) is 0 Å². The van der Waals surface area contributed by atoms with E-state index >= 15 is 0 Å². The maximum atomic E-state index is 10.2. The molecule has 1 amide bonds. The Morgan fingerprint density at radius 3 is 2.83 bits per heavy atom. The van der Waals surface area contributed by atoms with Crippen LogP contribution in [0.5, 0.6) is 0 Å². The van der Waals surface area contributed by atoms with Gasteiger partial charge in [-0.1, -0.05) is 11.6 Å². The van der Waals surface area contributed by atoms with Crippen LogP contribution in [-0.2, 0) is 0 Å². The smallest absolute Gasteiger partial charge is 0.410 e. The fraction of sp³-hybridized carbons (Fsp3) is 0. The molecule has 6 heteroatoms. The van der Waals surface area contributed by atoms with Gasteiger partial charge in [0.2, 0.25) is 0 Å². The molecule has 2 N–H and O–H groups in total. The maximum absolute atomic E-state index is 10.2. The van der Waals surface area contributed by atoms with Gasteiger partial charge in [0, 0.05) is 0 Å². The van der Waals surface area contributed by atoms with E-state index in [9.17, 15) is 4.79 Å². The van der Waals surface area contributed by atoms with Crippen LogP contribution in [0.15, 0.2) is 16.7 Å². The summed E-state index contributed by atoms with van der Waals surface area (Å²) in [5.41, 5.74) is 0. The molecule has 0 saturated heterocycles. The third-order valence-electron chi connectivity index (χ3n) is 1.04. The lowest BCUT2D eigenvalue weighted by Gasteiger charge is -2.00. The van der Waals surface area contributed by atoms with Crippen LogP contribution in [-0.4, -0.2) is 16.2 Å². The first-order chi connectivity index (χ1) is 5.59. The quantitative estimate of drug-likeness (QED) is 0.754. The molecule has 0 fully saturated rings. The molecular formula is C6H4BrClN2O2. The van der Waals surface area contributed by atoms with Crippen molar-refractivity contribution < 1.29 is 9.90 Å². The number of nitrogens with zero attached hydrogens (tertiary/aromatic N) is 1. The van der Waals surface area contributed by atoms with E-state index in [4.69, 9.17) is 16.7 Å². The Labute approximate surface area is 81.7 Å². The summed E-state index contributed by atoms with van der Waals surface area (Å²) in [7, 11) is 0. The van der Waals surface area contributed by atoms with Crippen LogP contribution in [0.3, 0.4) is 0 Å². The van der Waals surface area contributed by atoms with Gasteiger partial charge in [0.25, 0.3) is 0 Å².